The molecule has 0 aliphatic heterocycles. The van der Waals surface area contributed by atoms with Crippen molar-refractivity contribution in [3.8, 4) is 22.6 Å². The molecule has 0 aliphatic carbocycles. The van der Waals surface area contributed by atoms with Crippen LogP contribution in [0.25, 0.3) is 21.9 Å². The second-order valence-corrected chi connectivity index (χ2v) is 9.89. The van der Waals surface area contributed by atoms with E-state index in [0.717, 1.165) is 33.0 Å². The fourth-order valence-electron chi connectivity index (χ4n) is 5.07. The number of amides is 1. The summed E-state index contributed by atoms with van der Waals surface area (Å²) in [7, 11) is 7.21. The van der Waals surface area contributed by atoms with Crippen molar-refractivity contribution in [2.75, 3.05) is 28.3 Å². The van der Waals surface area contributed by atoms with E-state index in [1.54, 1.807) is 27.2 Å². The smallest absolute Gasteiger partial charge is 0.326 e. The molecule has 208 valence electrons. The summed E-state index contributed by atoms with van der Waals surface area (Å²) in [4.78, 5) is 27.2. The lowest BCUT2D eigenvalue weighted by Crippen LogP contribution is -2.42. The minimum Gasteiger partial charge on any atom is -0.496 e. The van der Waals surface area contributed by atoms with Crippen LogP contribution in [0.3, 0.4) is 0 Å². The van der Waals surface area contributed by atoms with Crippen molar-refractivity contribution >= 4 is 22.6 Å². The highest BCUT2D eigenvalue weighted by Crippen LogP contribution is 2.44. The predicted molar refractivity (Wildman–Crippen MR) is 154 cm³/mol. The van der Waals surface area contributed by atoms with Gasteiger partial charge in [0.05, 0.1) is 25.3 Å². The van der Waals surface area contributed by atoms with Crippen molar-refractivity contribution in [3.05, 3.63) is 94.8 Å². The number of carbonyl (C=O) groups is 2. The summed E-state index contributed by atoms with van der Waals surface area (Å²) in [5.74, 6) is -1.34. The molecule has 0 fully saturated rings. The summed E-state index contributed by atoms with van der Waals surface area (Å²) in [5.41, 5.74) is 3.64. The van der Waals surface area contributed by atoms with Crippen LogP contribution in [-0.4, -0.2) is 56.2 Å². The van der Waals surface area contributed by atoms with E-state index in [9.17, 15) is 19.1 Å². The highest BCUT2D eigenvalue weighted by molar-refractivity contribution is 6.02. The molecule has 2 N–H and O–H groups in total. The number of nitrogens with zero attached hydrogens (tertiary/aromatic N) is 1. The molecular weight excluding hydrogens is 511 g/mol. The van der Waals surface area contributed by atoms with Crippen LogP contribution in [-0.2, 0) is 17.8 Å². The van der Waals surface area contributed by atoms with Crippen LogP contribution < -0.4 is 14.8 Å². The van der Waals surface area contributed by atoms with Gasteiger partial charge in [-0.1, -0.05) is 54.6 Å². The lowest BCUT2D eigenvalue weighted by Gasteiger charge is -2.21. The molecule has 0 heterocycles. The molecule has 4 rings (SSSR count). The molecule has 0 spiro atoms. The first-order valence-corrected chi connectivity index (χ1v) is 12.8. The lowest BCUT2D eigenvalue weighted by molar-refractivity contribution is -0.139. The molecule has 1 amide bonds. The van der Waals surface area contributed by atoms with Crippen molar-refractivity contribution in [2.24, 2.45) is 0 Å². The number of ether oxygens (including phenoxy) is 2. The molecule has 4 aromatic rings. The Balaban J connectivity index is 1.78. The van der Waals surface area contributed by atoms with Crippen LogP contribution >= 0.6 is 0 Å². The third kappa shape index (κ3) is 5.77. The summed E-state index contributed by atoms with van der Waals surface area (Å²) in [5, 5.41) is 14.2. The Hall–Kier alpha value is -4.43. The molecule has 40 heavy (non-hydrogen) atoms. The summed E-state index contributed by atoms with van der Waals surface area (Å²) in [6.07, 6.45) is 0.00427. The highest BCUT2D eigenvalue weighted by atomic mass is 19.1. The Labute approximate surface area is 233 Å². The second-order valence-electron chi connectivity index (χ2n) is 9.89. The number of nitrogens with one attached hydrogen (secondary N) is 1. The number of rotatable bonds is 10. The monoisotopic (exact) mass is 544 g/mol. The molecule has 1 atom stereocenters. The van der Waals surface area contributed by atoms with E-state index in [0.29, 0.717) is 23.6 Å². The van der Waals surface area contributed by atoms with Gasteiger partial charge in [-0.05, 0) is 60.6 Å². The topological polar surface area (TPSA) is 88.1 Å². The average molecular weight is 545 g/mol. The first kappa shape index (κ1) is 28.6. The van der Waals surface area contributed by atoms with Crippen LogP contribution in [0.5, 0.6) is 11.5 Å². The summed E-state index contributed by atoms with van der Waals surface area (Å²) >= 11 is 0. The van der Waals surface area contributed by atoms with Gasteiger partial charge in [-0.25, -0.2) is 9.18 Å². The van der Waals surface area contributed by atoms with Gasteiger partial charge in [0.25, 0.3) is 5.91 Å². The standard InChI is InChI=1S/C32H33FN2O5/c1-19-9-6-14-25(33)28(19)31(36)34-26(32(37)38)17-20-10-7-12-23-22(20)11-8-13-24(23)29-27(39-4)16-15-21(18-35(2)3)30(29)40-5/h6-16,26H,17-18H2,1-5H3,(H,34,36)(H,37,38)/t26-/m0/s1. The highest BCUT2D eigenvalue weighted by Gasteiger charge is 2.25. The SMILES string of the molecule is COc1ccc(CN(C)C)c(OC)c1-c1cccc2c(C[C@H](NC(=O)c3c(C)cccc3F)C(=O)O)cccc12. The molecule has 0 saturated carbocycles. The van der Waals surface area contributed by atoms with Crippen LogP contribution in [0.4, 0.5) is 4.39 Å². The number of halogens is 1. The molecule has 0 saturated heterocycles. The number of carboxylic acids is 1. The minimum atomic E-state index is -1.27. The molecule has 0 aliphatic rings. The quantitative estimate of drug-likeness (QED) is 0.276. The van der Waals surface area contributed by atoms with E-state index in [2.05, 4.69) is 10.2 Å². The second kappa shape index (κ2) is 12.2. The van der Waals surface area contributed by atoms with Crippen LogP contribution in [0, 0.1) is 12.7 Å². The van der Waals surface area contributed by atoms with E-state index in [4.69, 9.17) is 9.47 Å². The van der Waals surface area contributed by atoms with E-state index in [1.165, 1.54) is 12.1 Å². The molecule has 0 aromatic heterocycles. The normalized spacial score (nSPS) is 11.9. The van der Waals surface area contributed by atoms with Crippen LogP contribution in [0.15, 0.2) is 66.7 Å². The summed E-state index contributed by atoms with van der Waals surface area (Å²) < 4.78 is 26.0. The average Bonchev–Trinajstić information content (AvgIpc) is 2.91. The molecule has 0 radical (unpaired) electrons. The lowest BCUT2D eigenvalue weighted by atomic mass is 9.91. The summed E-state index contributed by atoms with van der Waals surface area (Å²) in [6, 6.07) is 18.4. The van der Waals surface area contributed by atoms with Crippen molar-refractivity contribution in [3.63, 3.8) is 0 Å². The number of carboxylic acid groups (broad SMARTS) is 1. The zero-order chi connectivity index (χ0) is 29.0. The molecule has 0 unspecified atom stereocenters. The third-order valence-electron chi connectivity index (χ3n) is 6.87. The largest absolute Gasteiger partial charge is 0.496 e. The van der Waals surface area contributed by atoms with E-state index >= 15 is 0 Å². The van der Waals surface area contributed by atoms with Crippen molar-refractivity contribution in [1.82, 2.24) is 10.2 Å². The number of fused-ring (bicyclic) bond motifs is 1. The Morgan fingerprint density at radius 1 is 0.925 bits per heavy atom. The molecule has 0 bridgehead atoms. The van der Waals surface area contributed by atoms with E-state index < -0.39 is 23.7 Å². The maximum atomic E-state index is 14.4. The Kier molecular flexibility index (Phi) is 8.70. The van der Waals surface area contributed by atoms with Gasteiger partial charge in [-0.3, -0.25) is 4.79 Å². The van der Waals surface area contributed by atoms with Gasteiger partial charge in [-0.2, -0.15) is 0 Å². The number of benzene rings is 4. The van der Waals surface area contributed by atoms with Gasteiger partial charge in [0.1, 0.15) is 23.4 Å². The molecule has 4 aromatic carbocycles. The molecule has 7 nitrogen and oxygen atoms in total. The number of aliphatic carboxylic acids is 1. The van der Waals surface area contributed by atoms with Gasteiger partial charge in [0, 0.05) is 18.5 Å². The predicted octanol–water partition coefficient (Wildman–Crippen LogP) is 5.46. The third-order valence-corrected chi connectivity index (χ3v) is 6.87. The Morgan fingerprint density at radius 2 is 1.62 bits per heavy atom. The van der Waals surface area contributed by atoms with Crippen molar-refractivity contribution in [1.29, 1.82) is 0 Å². The Morgan fingerprint density at radius 3 is 2.27 bits per heavy atom. The van der Waals surface area contributed by atoms with Gasteiger partial charge >= 0.3 is 5.97 Å². The maximum absolute atomic E-state index is 14.4. The fraction of sp³-hybridized carbons (Fsp3) is 0.250. The first-order valence-electron chi connectivity index (χ1n) is 12.8. The van der Waals surface area contributed by atoms with Crippen LogP contribution in [0.1, 0.15) is 27.0 Å². The number of hydrogen-bond acceptors (Lipinski definition) is 5. The van der Waals surface area contributed by atoms with Crippen molar-refractivity contribution < 1.29 is 28.6 Å². The van der Waals surface area contributed by atoms with Gasteiger partial charge in [-0.15, -0.1) is 0 Å². The van der Waals surface area contributed by atoms with Crippen LogP contribution in [0.2, 0.25) is 0 Å². The van der Waals surface area contributed by atoms with Gasteiger partial charge in [0.15, 0.2) is 0 Å². The molecular formula is C32H33FN2O5. The maximum Gasteiger partial charge on any atom is 0.326 e. The zero-order valence-electron chi connectivity index (χ0n) is 23.2. The number of aryl methyl sites for hydroxylation is 1. The summed E-state index contributed by atoms with van der Waals surface area (Å²) in [6.45, 7) is 2.27. The van der Waals surface area contributed by atoms with Gasteiger partial charge in [0.2, 0.25) is 0 Å². The molecule has 8 heteroatoms. The number of hydrogen-bond donors (Lipinski definition) is 2. The zero-order valence-corrected chi connectivity index (χ0v) is 23.2. The fourth-order valence-corrected chi connectivity index (χ4v) is 5.07. The first-order chi connectivity index (χ1) is 19.2. The number of methoxy groups -OCH3 is 2. The Bertz CT molecular complexity index is 1550. The van der Waals surface area contributed by atoms with Crippen molar-refractivity contribution in [2.45, 2.75) is 25.9 Å². The minimum absolute atomic E-state index is 0.00427. The van der Waals surface area contributed by atoms with Gasteiger partial charge < -0.3 is 24.8 Å². The van der Waals surface area contributed by atoms with E-state index in [1.807, 2.05) is 62.6 Å². The van der Waals surface area contributed by atoms with E-state index in [-0.39, 0.29) is 12.0 Å². The number of carbonyl (C=O) groups excluding carboxylic acids is 1.